The van der Waals surface area contributed by atoms with Crippen molar-refractivity contribution in [1.82, 2.24) is 0 Å². The number of phenols is 1. The normalized spacial score (nSPS) is 10.1. The second-order valence-electron chi connectivity index (χ2n) is 5.46. The molecule has 0 aliphatic heterocycles. The SMILES string of the molecule is CC(=N)CC(C)C.NC(=O)c1cc2ccccc2cc1O. The summed E-state index contributed by atoms with van der Waals surface area (Å²) in [6.07, 6.45) is 0.944. The molecule has 0 fully saturated rings. The minimum absolute atomic E-state index is 0.0730. The number of primary amides is 1. The molecule has 112 valence electrons. The number of hydrogen-bond donors (Lipinski definition) is 3. The molecule has 0 aliphatic rings. The van der Waals surface area contributed by atoms with Gasteiger partial charge in [-0.25, -0.2) is 0 Å². The van der Waals surface area contributed by atoms with E-state index in [0.29, 0.717) is 5.92 Å². The van der Waals surface area contributed by atoms with Crippen molar-refractivity contribution < 1.29 is 9.90 Å². The lowest BCUT2D eigenvalue weighted by Gasteiger charge is -2.02. The third kappa shape index (κ3) is 5.26. The number of carbonyl (C=O) groups is 1. The van der Waals surface area contributed by atoms with E-state index in [9.17, 15) is 9.90 Å². The fraction of sp³-hybridized carbons (Fsp3) is 0.294. The lowest BCUT2D eigenvalue weighted by atomic mass is 10.1. The number of carbonyl (C=O) groups excluding carboxylic acids is 1. The first-order valence-corrected chi connectivity index (χ1v) is 6.86. The van der Waals surface area contributed by atoms with Gasteiger partial charge in [0.1, 0.15) is 5.75 Å². The van der Waals surface area contributed by atoms with Crippen molar-refractivity contribution in [3.05, 3.63) is 42.0 Å². The summed E-state index contributed by atoms with van der Waals surface area (Å²) in [4.78, 5) is 10.9. The summed E-state index contributed by atoms with van der Waals surface area (Å²) < 4.78 is 0. The van der Waals surface area contributed by atoms with Crippen LogP contribution in [0.2, 0.25) is 0 Å². The van der Waals surface area contributed by atoms with E-state index in [0.717, 1.165) is 22.9 Å². The molecule has 1 amide bonds. The van der Waals surface area contributed by atoms with Gasteiger partial charge in [-0.15, -0.1) is 0 Å². The molecule has 0 saturated heterocycles. The average Bonchev–Trinajstić information content (AvgIpc) is 2.36. The number of fused-ring (bicyclic) bond motifs is 1. The van der Waals surface area contributed by atoms with Gasteiger partial charge in [0, 0.05) is 5.71 Å². The maximum atomic E-state index is 10.9. The maximum Gasteiger partial charge on any atom is 0.252 e. The quantitative estimate of drug-likeness (QED) is 0.751. The van der Waals surface area contributed by atoms with E-state index < -0.39 is 5.91 Å². The van der Waals surface area contributed by atoms with Crippen molar-refractivity contribution in [1.29, 1.82) is 5.41 Å². The Morgan fingerprint density at radius 2 is 1.76 bits per heavy atom. The minimum atomic E-state index is -0.617. The second-order valence-corrected chi connectivity index (χ2v) is 5.46. The molecule has 0 spiro atoms. The molecule has 0 aliphatic carbocycles. The number of amides is 1. The van der Waals surface area contributed by atoms with Gasteiger partial charge in [-0.3, -0.25) is 4.79 Å². The van der Waals surface area contributed by atoms with Crippen LogP contribution in [0.3, 0.4) is 0 Å². The Bertz CT molecular complexity index is 648. The summed E-state index contributed by atoms with van der Waals surface area (Å²) in [5, 5.41) is 18.3. The number of benzene rings is 2. The first-order valence-electron chi connectivity index (χ1n) is 6.86. The molecule has 2 rings (SSSR count). The second kappa shape index (κ2) is 7.43. The Morgan fingerprint density at radius 3 is 2.14 bits per heavy atom. The number of aromatic hydroxyl groups is 1. The molecule has 2 aromatic rings. The van der Waals surface area contributed by atoms with Crippen LogP contribution in [0.5, 0.6) is 5.75 Å². The van der Waals surface area contributed by atoms with E-state index in [-0.39, 0.29) is 11.3 Å². The largest absolute Gasteiger partial charge is 0.507 e. The zero-order chi connectivity index (χ0) is 16.0. The molecule has 4 heteroatoms. The molecule has 0 atom stereocenters. The van der Waals surface area contributed by atoms with Gasteiger partial charge in [0.25, 0.3) is 5.91 Å². The molecule has 0 heterocycles. The molecule has 4 N–H and O–H groups in total. The van der Waals surface area contributed by atoms with Crippen LogP contribution in [0.25, 0.3) is 10.8 Å². The van der Waals surface area contributed by atoms with Crippen LogP contribution in [0, 0.1) is 11.3 Å². The Morgan fingerprint density at radius 1 is 1.24 bits per heavy atom. The highest BCUT2D eigenvalue weighted by atomic mass is 16.3. The molecule has 0 aromatic heterocycles. The molecule has 0 unspecified atom stereocenters. The zero-order valence-electron chi connectivity index (χ0n) is 12.7. The zero-order valence-corrected chi connectivity index (χ0v) is 12.7. The van der Waals surface area contributed by atoms with Crippen LogP contribution >= 0.6 is 0 Å². The third-order valence-corrected chi connectivity index (χ3v) is 2.84. The van der Waals surface area contributed by atoms with Gasteiger partial charge < -0.3 is 16.2 Å². The van der Waals surface area contributed by atoms with E-state index in [1.807, 2.05) is 31.2 Å². The fourth-order valence-electron chi connectivity index (χ4n) is 2.04. The van der Waals surface area contributed by atoms with E-state index in [1.54, 1.807) is 6.07 Å². The standard InChI is InChI=1S/C11H9NO2.C6H13N/c12-11(14)9-5-7-3-1-2-4-8(7)6-10(9)13;1-5(2)4-6(3)7/h1-6,13H,(H2,12,14);5,7H,4H2,1-3H3. The summed E-state index contributed by atoms with van der Waals surface area (Å²) >= 11 is 0. The Balaban J connectivity index is 0.000000270. The van der Waals surface area contributed by atoms with Crippen molar-refractivity contribution >= 4 is 22.4 Å². The van der Waals surface area contributed by atoms with Crippen molar-refractivity contribution in [3.8, 4) is 5.75 Å². The molecular weight excluding hydrogens is 264 g/mol. The maximum absolute atomic E-state index is 10.9. The van der Waals surface area contributed by atoms with Crippen LogP contribution < -0.4 is 5.73 Å². The molecule has 4 nitrogen and oxygen atoms in total. The minimum Gasteiger partial charge on any atom is -0.507 e. The van der Waals surface area contributed by atoms with Gasteiger partial charge >= 0.3 is 0 Å². The average molecular weight is 286 g/mol. The van der Waals surface area contributed by atoms with Crippen LogP contribution in [-0.4, -0.2) is 16.7 Å². The Labute approximate surface area is 125 Å². The smallest absolute Gasteiger partial charge is 0.252 e. The molecule has 0 saturated carbocycles. The lowest BCUT2D eigenvalue weighted by molar-refractivity contribution is 0.0998. The van der Waals surface area contributed by atoms with E-state index in [1.165, 1.54) is 6.07 Å². The molecular formula is C17H22N2O2. The summed E-state index contributed by atoms with van der Waals surface area (Å²) in [6.45, 7) is 6.09. The van der Waals surface area contributed by atoms with E-state index in [2.05, 4.69) is 13.8 Å². The Kier molecular flexibility index (Phi) is 5.91. The summed E-state index contributed by atoms with van der Waals surface area (Å²) in [7, 11) is 0. The van der Waals surface area contributed by atoms with Crippen molar-refractivity contribution in [2.45, 2.75) is 27.2 Å². The topological polar surface area (TPSA) is 87.2 Å². The molecule has 21 heavy (non-hydrogen) atoms. The monoisotopic (exact) mass is 286 g/mol. The molecule has 0 radical (unpaired) electrons. The predicted molar refractivity (Wildman–Crippen MR) is 87.0 cm³/mol. The highest BCUT2D eigenvalue weighted by molar-refractivity contribution is 6.00. The van der Waals surface area contributed by atoms with Gasteiger partial charge in [-0.1, -0.05) is 38.1 Å². The van der Waals surface area contributed by atoms with Gasteiger partial charge in [0.15, 0.2) is 0 Å². The van der Waals surface area contributed by atoms with E-state index >= 15 is 0 Å². The first kappa shape index (κ1) is 16.7. The summed E-state index contributed by atoms with van der Waals surface area (Å²) in [5.74, 6) is -0.0399. The van der Waals surface area contributed by atoms with Crippen LogP contribution in [0.4, 0.5) is 0 Å². The van der Waals surface area contributed by atoms with Crippen molar-refractivity contribution in [2.75, 3.05) is 0 Å². The first-order chi connectivity index (χ1) is 9.81. The van der Waals surface area contributed by atoms with Gasteiger partial charge in [-0.2, -0.15) is 0 Å². The van der Waals surface area contributed by atoms with Crippen LogP contribution in [0.15, 0.2) is 36.4 Å². The van der Waals surface area contributed by atoms with Crippen LogP contribution in [-0.2, 0) is 0 Å². The third-order valence-electron chi connectivity index (χ3n) is 2.84. The predicted octanol–water partition coefficient (Wildman–Crippen LogP) is 3.72. The number of hydrogen-bond acceptors (Lipinski definition) is 3. The molecule has 2 aromatic carbocycles. The van der Waals surface area contributed by atoms with Gasteiger partial charge in [-0.05, 0) is 42.2 Å². The summed E-state index contributed by atoms with van der Waals surface area (Å²) in [6, 6.07) is 10.6. The molecule has 0 bridgehead atoms. The van der Waals surface area contributed by atoms with Crippen molar-refractivity contribution in [3.63, 3.8) is 0 Å². The lowest BCUT2D eigenvalue weighted by Crippen LogP contribution is -2.10. The number of nitrogens with two attached hydrogens (primary N) is 1. The van der Waals surface area contributed by atoms with Crippen LogP contribution in [0.1, 0.15) is 37.6 Å². The fourth-order valence-corrected chi connectivity index (χ4v) is 2.04. The highest BCUT2D eigenvalue weighted by Gasteiger charge is 2.07. The number of rotatable bonds is 3. The number of nitrogens with one attached hydrogen (secondary N) is 1. The van der Waals surface area contributed by atoms with Gasteiger partial charge in [0.2, 0.25) is 0 Å². The summed E-state index contributed by atoms with van der Waals surface area (Å²) in [5.41, 5.74) is 6.05. The van der Waals surface area contributed by atoms with Crippen molar-refractivity contribution in [2.24, 2.45) is 11.7 Å². The van der Waals surface area contributed by atoms with E-state index in [4.69, 9.17) is 11.1 Å². The van der Waals surface area contributed by atoms with Gasteiger partial charge in [0.05, 0.1) is 5.56 Å². The highest BCUT2D eigenvalue weighted by Crippen LogP contribution is 2.24. The Hall–Kier alpha value is -2.36.